The Bertz CT molecular complexity index is 574. The second-order valence-corrected chi connectivity index (χ2v) is 10.5. The van der Waals surface area contributed by atoms with E-state index in [0.717, 1.165) is 0 Å². The lowest BCUT2D eigenvalue weighted by Crippen LogP contribution is -2.37. The molecule has 0 aliphatic carbocycles. The number of hydrogen-bond donors (Lipinski definition) is 0. The zero-order valence-corrected chi connectivity index (χ0v) is 21.1. The first-order valence-electron chi connectivity index (χ1n) is 7.65. The molecule has 0 saturated carbocycles. The summed E-state index contributed by atoms with van der Waals surface area (Å²) in [6.45, 7) is 2.00. The minimum Gasteiger partial charge on any atom is -0.403 e. The van der Waals surface area contributed by atoms with Gasteiger partial charge in [0.15, 0.2) is 0 Å². The predicted octanol–water partition coefficient (Wildman–Crippen LogP) is 5.00. The van der Waals surface area contributed by atoms with Crippen molar-refractivity contribution in [3.05, 3.63) is 28.0 Å². The number of furan rings is 1. The Morgan fingerprint density at radius 2 is 1.46 bits per heavy atom. The number of halogens is 4. The van der Waals surface area contributed by atoms with Gasteiger partial charge in [-0.15, -0.1) is 0 Å². The summed E-state index contributed by atoms with van der Waals surface area (Å²) >= 11 is 13.6. The van der Waals surface area contributed by atoms with E-state index >= 15 is 0 Å². The number of rotatable bonds is 14. The molecule has 1 aromatic heterocycles. The van der Waals surface area contributed by atoms with Crippen molar-refractivity contribution in [1.82, 2.24) is 9.34 Å². The Morgan fingerprint density at radius 3 is 1.81 bits per heavy atom. The van der Waals surface area contributed by atoms with Crippen molar-refractivity contribution in [3.63, 3.8) is 0 Å². The molecule has 0 unspecified atom stereocenters. The summed E-state index contributed by atoms with van der Waals surface area (Å²) in [4.78, 5) is 10.1. The molecule has 0 amide bonds. The molecule has 1 rings (SSSR count). The van der Waals surface area contributed by atoms with E-state index in [2.05, 4.69) is 63.7 Å². The molecule has 0 aliphatic heterocycles. The van der Waals surface area contributed by atoms with Gasteiger partial charge < -0.3 is 4.42 Å². The fourth-order valence-electron chi connectivity index (χ4n) is 2.15. The highest BCUT2D eigenvalue weighted by atomic mass is 79.9. The van der Waals surface area contributed by atoms with E-state index in [1.807, 2.05) is 0 Å². The standard InChI is InChI=1S/C13H20Br4N3O5P/c14-3-7-18(8-4-15)26(23,19(9-5-16)10-6-17)24-11-12-1-2-13(25-12)20(21)22/h1-2H,3-11H2. The lowest BCUT2D eigenvalue weighted by Gasteiger charge is -2.37. The Hall–Kier alpha value is 0.710. The van der Waals surface area contributed by atoms with E-state index in [1.165, 1.54) is 12.1 Å². The summed E-state index contributed by atoms with van der Waals surface area (Å²) < 4.78 is 28.4. The van der Waals surface area contributed by atoms with Crippen molar-refractivity contribution in [2.75, 3.05) is 47.5 Å². The van der Waals surface area contributed by atoms with Gasteiger partial charge in [-0.3, -0.25) is 19.2 Å². The van der Waals surface area contributed by atoms with Crippen molar-refractivity contribution in [2.24, 2.45) is 0 Å². The molecule has 26 heavy (non-hydrogen) atoms. The minimum atomic E-state index is -3.37. The van der Waals surface area contributed by atoms with Gasteiger partial charge in [0.2, 0.25) is 0 Å². The first-order valence-corrected chi connectivity index (χ1v) is 13.7. The molecule has 150 valence electrons. The molecule has 13 heteroatoms. The average molecular weight is 649 g/mol. The van der Waals surface area contributed by atoms with Crippen LogP contribution in [0.15, 0.2) is 16.5 Å². The summed E-state index contributed by atoms with van der Waals surface area (Å²) in [6.07, 6.45) is 0. The Morgan fingerprint density at radius 1 is 1.00 bits per heavy atom. The van der Waals surface area contributed by atoms with E-state index in [0.29, 0.717) is 47.5 Å². The second-order valence-electron chi connectivity index (χ2n) is 4.92. The highest BCUT2D eigenvalue weighted by Crippen LogP contribution is 2.55. The average Bonchev–Trinajstić information content (AvgIpc) is 3.09. The van der Waals surface area contributed by atoms with Crippen molar-refractivity contribution >= 4 is 77.3 Å². The van der Waals surface area contributed by atoms with Gasteiger partial charge in [0.25, 0.3) is 0 Å². The van der Waals surface area contributed by atoms with Gasteiger partial charge in [-0.2, -0.15) is 0 Å². The maximum absolute atomic E-state index is 13.9. The number of hydrogen-bond acceptors (Lipinski definition) is 5. The fraction of sp³-hybridized carbons (Fsp3) is 0.692. The van der Waals surface area contributed by atoms with Crippen LogP contribution in [0.5, 0.6) is 0 Å². The predicted molar refractivity (Wildman–Crippen MR) is 116 cm³/mol. The van der Waals surface area contributed by atoms with Crippen LogP contribution in [-0.2, 0) is 15.7 Å². The SMILES string of the molecule is O=[N+]([O-])c1ccc(COP(=O)(N(CCBr)CCBr)N(CCBr)CCBr)o1. The van der Waals surface area contributed by atoms with Gasteiger partial charge in [-0.05, 0) is 6.07 Å². The van der Waals surface area contributed by atoms with Crippen LogP contribution in [0.3, 0.4) is 0 Å². The van der Waals surface area contributed by atoms with Crippen molar-refractivity contribution in [1.29, 1.82) is 0 Å². The molecule has 1 heterocycles. The summed E-state index contributed by atoms with van der Waals surface area (Å²) in [5.74, 6) is -0.110. The van der Waals surface area contributed by atoms with Gasteiger partial charge >= 0.3 is 13.6 Å². The van der Waals surface area contributed by atoms with Crippen LogP contribution in [0.2, 0.25) is 0 Å². The molecule has 0 saturated heterocycles. The van der Waals surface area contributed by atoms with Gasteiger partial charge in [-0.1, -0.05) is 63.7 Å². The molecule has 8 nitrogen and oxygen atoms in total. The molecule has 0 aliphatic rings. The van der Waals surface area contributed by atoms with Gasteiger partial charge in [0, 0.05) is 47.5 Å². The summed E-state index contributed by atoms with van der Waals surface area (Å²) in [7, 11) is -3.37. The van der Waals surface area contributed by atoms with Crippen LogP contribution in [0.1, 0.15) is 5.76 Å². The molecule has 0 N–H and O–H groups in total. The third kappa shape index (κ3) is 7.27. The van der Waals surface area contributed by atoms with E-state index < -0.39 is 12.6 Å². The third-order valence-electron chi connectivity index (χ3n) is 3.29. The van der Waals surface area contributed by atoms with Crippen LogP contribution in [-0.4, -0.2) is 61.8 Å². The zero-order valence-electron chi connectivity index (χ0n) is 13.9. The minimum absolute atomic E-state index is 0.118. The smallest absolute Gasteiger partial charge is 0.403 e. The van der Waals surface area contributed by atoms with Crippen LogP contribution in [0.25, 0.3) is 0 Å². The number of nitrogens with zero attached hydrogens (tertiary/aromatic N) is 3. The van der Waals surface area contributed by atoms with E-state index in [4.69, 9.17) is 8.94 Å². The lowest BCUT2D eigenvalue weighted by atomic mass is 10.5. The molecule has 0 fully saturated rings. The molecule has 0 spiro atoms. The molecule has 0 radical (unpaired) electrons. The van der Waals surface area contributed by atoms with E-state index in [9.17, 15) is 14.7 Å². The molecule has 0 aromatic carbocycles. The topological polar surface area (TPSA) is 89.1 Å². The number of nitro groups is 1. The highest BCUT2D eigenvalue weighted by molar-refractivity contribution is 9.09. The number of alkyl halides is 4. The normalized spacial score (nSPS) is 12.2. The van der Waals surface area contributed by atoms with Gasteiger partial charge in [-0.25, -0.2) is 9.34 Å². The van der Waals surface area contributed by atoms with Gasteiger partial charge in [0.05, 0.1) is 6.07 Å². The van der Waals surface area contributed by atoms with Crippen LogP contribution in [0.4, 0.5) is 5.88 Å². The first kappa shape index (κ1) is 24.7. The van der Waals surface area contributed by atoms with Crippen LogP contribution in [0, 0.1) is 10.1 Å². The Kier molecular flexibility index (Phi) is 12.4. The van der Waals surface area contributed by atoms with Crippen molar-refractivity contribution < 1.29 is 18.4 Å². The van der Waals surface area contributed by atoms with Crippen molar-refractivity contribution in [2.45, 2.75) is 6.61 Å². The maximum Gasteiger partial charge on any atom is 0.433 e. The van der Waals surface area contributed by atoms with Crippen LogP contribution < -0.4 is 0 Å². The summed E-state index contributed by atoms with van der Waals surface area (Å²) in [6, 6.07) is 2.72. The van der Waals surface area contributed by atoms with Crippen LogP contribution >= 0.6 is 71.4 Å². The van der Waals surface area contributed by atoms with E-state index in [1.54, 1.807) is 9.34 Å². The largest absolute Gasteiger partial charge is 0.433 e. The summed E-state index contributed by atoms with van der Waals surface area (Å²) in [5.41, 5.74) is 0. The lowest BCUT2D eigenvalue weighted by molar-refractivity contribution is -0.402. The second kappa shape index (κ2) is 13.0. The third-order valence-corrected chi connectivity index (χ3v) is 7.40. The molecular formula is C13H20Br4N3O5P. The Labute approximate surface area is 186 Å². The molecule has 0 atom stereocenters. The first-order chi connectivity index (χ1) is 12.4. The molecular weight excluding hydrogens is 629 g/mol. The monoisotopic (exact) mass is 645 g/mol. The highest BCUT2D eigenvalue weighted by Gasteiger charge is 2.38. The van der Waals surface area contributed by atoms with Crippen molar-refractivity contribution in [3.8, 4) is 0 Å². The quantitative estimate of drug-likeness (QED) is 0.122. The fourth-order valence-corrected chi connectivity index (χ4v) is 7.35. The maximum atomic E-state index is 13.9. The molecule has 1 aromatic rings. The molecule has 0 bridgehead atoms. The summed E-state index contributed by atoms with van der Waals surface area (Å²) in [5, 5.41) is 13.3. The Balaban J connectivity index is 3.06. The van der Waals surface area contributed by atoms with E-state index in [-0.39, 0.29) is 18.3 Å². The van der Waals surface area contributed by atoms with Gasteiger partial charge in [0.1, 0.15) is 17.3 Å². The zero-order chi connectivity index (χ0) is 19.6.